The van der Waals surface area contributed by atoms with Crippen LogP contribution in [0, 0.1) is 5.92 Å². The van der Waals surface area contributed by atoms with Gasteiger partial charge in [0.25, 0.3) is 0 Å². The fourth-order valence-electron chi connectivity index (χ4n) is 1.44. The fraction of sp³-hybridized carbons (Fsp3) is 0.429. The minimum Gasteiger partial charge on any atom is -0.497 e. The van der Waals surface area contributed by atoms with Gasteiger partial charge in [0.15, 0.2) is 0 Å². The molecule has 0 fully saturated rings. The second kappa shape index (κ2) is 6.21. The summed E-state index contributed by atoms with van der Waals surface area (Å²) in [5.41, 5.74) is 1.06. The summed E-state index contributed by atoms with van der Waals surface area (Å²) in [4.78, 5) is 0. The molecule has 0 atom stereocenters. The summed E-state index contributed by atoms with van der Waals surface area (Å²) < 4.78 is 10.5. The molecular weight excluding hydrogens is 200 g/mol. The summed E-state index contributed by atoms with van der Waals surface area (Å²) in [6, 6.07) is 5.81. The molecule has 1 aromatic rings. The largest absolute Gasteiger partial charge is 0.497 e. The average molecular weight is 220 g/mol. The van der Waals surface area contributed by atoms with Gasteiger partial charge in [0.2, 0.25) is 0 Å². The van der Waals surface area contributed by atoms with Gasteiger partial charge in [0, 0.05) is 5.56 Å². The molecule has 1 aromatic carbocycles. The normalized spacial score (nSPS) is 11.1. The number of allylic oxidation sites excluding steroid dienone is 1. The third-order valence-electron chi connectivity index (χ3n) is 2.34. The quantitative estimate of drug-likeness (QED) is 0.752. The van der Waals surface area contributed by atoms with Crippen molar-refractivity contribution in [3.63, 3.8) is 0 Å². The molecule has 0 bridgehead atoms. The number of hydrogen-bond acceptors (Lipinski definition) is 2. The van der Waals surface area contributed by atoms with Gasteiger partial charge < -0.3 is 9.47 Å². The predicted octanol–water partition coefficient (Wildman–Crippen LogP) is 3.76. The van der Waals surface area contributed by atoms with E-state index in [0.29, 0.717) is 5.92 Å². The van der Waals surface area contributed by atoms with Gasteiger partial charge in [0.05, 0.1) is 14.2 Å². The Bertz CT molecular complexity index is 354. The number of ether oxygens (including phenoxy) is 2. The molecule has 1 rings (SSSR count). The summed E-state index contributed by atoms with van der Waals surface area (Å²) in [6.07, 6.45) is 5.32. The summed E-state index contributed by atoms with van der Waals surface area (Å²) in [5, 5.41) is 0. The number of benzene rings is 1. The third kappa shape index (κ3) is 3.61. The van der Waals surface area contributed by atoms with Crippen LogP contribution < -0.4 is 9.47 Å². The van der Waals surface area contributed by atoms with E-state index in [0.717, 1.165) is 23.5 Å². The van der Waals surface area contributed by atoms with Crippen LogP contribution in [0.15, 0.2) is 24.3 Å². The highest BCUT2D eigenvalue weighted by Crippen LogP contribution is 2.25. The maximum absolute atomic E-state index is 5.30. The maximum atomic E-state index is 5.30. The monoisotopic (exact) mass is 220 g/mol. The van der Waals surface area contributed by atoms with E-state index in [-0.39, 0.29) is 0 Å². The van der Waals surface area contributed by atoms with Gasteiger partial charge in [-0.1, -0.05) is 26.0 Å². The smallest absolute Gasteiger partial charge is 0.126 e. The van der Waals surface area contributed by atoms with Crippen LogP contribution in [0.25, 0.3) is 6.08 Å². The Balaban J connectivity index is 2.86. The molecule has 2 nitrogen and oxygen atoms in total. The van der Waals surface area contributed by atoms with Crippen LogP contribution in [-0.4, -0.2) is 14.2 Å². The SMILES string of the molecule is COc1ccc(OC)c(C=CCC(C)C)c1. The lowest BCUT2D eigenvalue weighted by Crippen LogP contribution is -1.89. The van der Waals surface area contributed by atoms with E-state index >= 15 is 0 Å². The van der Waals surface area contributed by atoms with Crippen molar-refractivity contribution < 1.29 is 9.47 Å². The Hall–Kier alpha value is -1.44. The lowest BCUT2D eigenvalue weighted by atomic mass is 10.1. The predicted molar refractivity (Wildman–Crippen MR) is 68.0 cm³/mol. The third-order valence-corrected chi connectivity index (χ3v) is 2.34. The van der Waals surface area contributed by atoms with Crippen molar-refractivity contribution in [2.75, 3.05) is 14.2 Å². The molecule has 0 saturated heterocycles. The zero-order chi connectivity index (χ0) is 12.0. The van der Waals surface area contributed by atoms with Gasteiger partial charge in [0.1, 0.15) is 11.5 Å². The highest BCUT2D eigenvalue weighted by atomic mass is 16.5. The number of methoxy groups -OCH3 is 2. The van der Waals surface area contributed by atoms with Gasteiger partial charge in [-0.25, -0.2) is 0 Å². The zero-order valence-electron chi connectivity index (χ0n) is 10.5. The summed E-state index contributed by atoms with van der Waals surface area (Å²) in [7, 11) is 3.35. The van der Waals surface area contributed by atoms with Gasteiger partial charge in [-0.3, -0.25) is 0 Å². The minimum atomic E-state index is 0.674. The standard InChI is InChI=1S/C14H20O2/c1-11(2)6-5-7-12-10-13(15-3)8-9-14(12)16-4/h5,7-11H,6H2,1-4H3. The number of hydrogen-bond donors (Lipinski definition) is 0. The van der Waals surface area contributed by atoms with Crippen LogP contribution in [-0.2, 0) is 0 Å². The molecule has 0 heterocycles. The molecule has 0 aliphatic heterocycles. The Labute approximate surface area is 97.9 Å². The van der Waals surface area contributed by atoms with Gasteiger partial charge in [-0.15, -0.1) is 0 Å². The Kier molecular flexibility index (Phi) is 4.90. The van der Waals surface area contributed by atoms with Crippen molar-refractivity contribution in [1.29, 1.82) is 0 Å². The zero-order valence-corrected chi connectivity index (χ0v) is 10.5. The fourth-order valence-corrected chi connectivity index (χ4v) is 1.44. The summed E-state index contributed by atoms with van der Waals surface area (Å²) >= 11 is 0. The van der Waals surface area contributed by atoms with E-state index in [2.05, 4.69) is 26.0 Å². The van der Waals surface area contributed by atoms with E-state index in [1.807, 2.05) is 18.2 Å². The molecular formula is C14H20O2. The molecule has 0 spiro atoms. The topological polar surface area (TPSA) is 18.5 Å². The van der Waals surface area contributed by atoms with Crippen molar-refractivity contribution in [2.45, 2.75) is 20.3 Å². The Morgan fingerprint density at radius 3 is 2.50 bits per heavy atom. The molecule has 0 N–H and O–H groups in total. The summed E-state index contributed by atoms with van der Waals surface area (Å²) in [5.74, 6) is 2.40. The lowest BCUT2D eigenvalue weighted by Gasteiger charge is -2.07. The molecule has 0 aliphatic rings. The van der Waals surface area contributed by atoms with Crippen LogP contribution in [0.5, 0.6) is 11.5 Å². The van der Waals surface area contributed by atoms with Gasteiger partial charge in [-0.05, 0) is 30.5 Å². The van der Waals surface area contributed by atoms with E-state index in [1.165, 1.54) is 0 Å². The molecule has 0 radical (unpaired) electrons. The molecule has 0 saturated carbocycles. The van der Waals surface area contributed by atoms with E-state index in [1.54, 1.807) is 14.2 Å². The van der Waals surface area contributed by atoms with Crippen molar-refractivity contribution in [3.05, 3.63) is 29.8 Å². The number of rotatable bonds is 5. The Morgan fingerprint density at radius 1 is 1.19 bits per heavy atom. The first-order valence-electron chi connectivity index (χ1n) is 5.56. The van der Waals surface area contributed by atoms with Crippen molar-refractivity contribution in [2.24, 2.45) is 5.92 Å². The highest BCUT2D eigenvalue weighted by molar-refractivity contribution is 5.59. The van der Waals surface area contributed by atoms with Crippen molar-refractivity contribution in [1.82, 2.24) is 0 Å². The second-order valence-electron chi connectivity index (χ2n) is 4.14. The van der Waals surface area contributed by atoms with Gasteiger partial charge >= 0.3 is 0 Å². The van der Waals surface area contributed by atoms with Gasteiger partial charge in [-0.2, -0.15) is 0 Å². The highest BCUT2D eigenvalue weighted by Gasteiger charge is 2.01. The molecule has 0 amide bonds. The van der Waals surface area contributed by atoms with Crippen LogP contribution in [0.4, 0.5) is 0 Å². The molecule has 0 aromatic heterocycles. The van der Waals surface area contributed by atoms with Crippen molar-refractivity contribution >= 4 is 6.08 Å². The molecule has 0 unspecified atom stereocenters. The minimum absolute atomic E-state index is 0.674. The molecule has 2 heteroatoms. The van der Waals surface area contributed by atoms with Crippen LogP contribution in [0.2, 0.25) is 0 Å². The van der Waals surface area contributed by atoms with Crippen LogP contribution in [0.3, 0.4) is 0 Å². The summed E-state index contributed by atoms with van der Waals surface area (Å²) in [6.45, 7) is 4.40. The van der Waals surface area contributed by atoms with E-state index in [4.69, 9.17) is 9.47 Å². The molecule has 0 aliphatic carbocycles. The molecule has 88 valence electrons. The van der Waals surface area contributed by atoms with E-state index < -0.39 is 0 Å². The maximum Gasteiger partial charge on any atom is 0.126 e. The van der Waals surface area contributed by atoms with Crippen LogP contribution in [0.1, 0.15) is 25.8 Å². The molecule has 16 heavy (non-hydrogen) atoms. The first-order chi connectivity index (χ1) is 7.67. The van der Waals surface area contributed by atoms with Crippen LogP contribution >= 0.6 is 0 Å². The average Bonchev–Trinajstić information content (AvgIpc) is 2.28. The lowest BCUT2D eigenvalue weighted by molar-refractivity contribution is 0.402. The first kappa shape index (κ1) is 12.6. The van der Waals surface area contributed by atoms with E-state index in [9.17, 15) is 0 Å². The second-order valence-corrected chi connectivity index (χ2v) is 4.14. The Morgan fingerprint density at radius 2 is 1.94 bits per heavy atom. The van der Waals surface area contributed by atoms with Crippen molar-refractivity contribution in [3.8, 4) is 11.5 Å². The first-order valence-corrected chi connectivity index (χ1v) is 5.56.